The normalized spacial score (nSPS) is 10.2. The lowest BCUT2D eigenvalue weighted by atomic mass is 10.2. The molecule has 0 saturated carbocycles. The summed E-state index contributed by atoms with van der Waals surface area (Å²) in [6.45, 7) is 1.57. The van der Waals surface area contributed by atoms with Crippen molar-refractivity contribution in [3.63, 3.8) is 0 Å². The van der Waals surface area contributed by atoms with Gasteiger partial charge in [-0.05, 0) is 42.5 Å². The number of ether oxygens (including phenoxy) is 3. The molecule has 2 rings (SSSR count). The maximum absolute atomic E-state index is 12.6. The molecule has 0 unspecified atom stereocenters. The lowest BCUT2D eigenvalue weighted by Gasteiger charge is -2.13. The number of rotatable bonds is 10. The van der Waals surface area contributed by atoms with Crippen molar-refractivity contribution in [2.24, 2.45) is 0 Å². The molecule has 0 radical (unpaired) electrons. The Morgan fingerprint density at radius 3 is 2.47 bits per heavy atom. The highest BCUT2D eigenvalue weighted by molar-refractivity contribution is 7.80. The van der Waals surface area contributed by atoms with Gasteiger partial charge in [0.05, 0.1) is 18.8 Å². The van der Waals surface area contributed by atoms with Crippen molar-refractivity contribution in [1.29, 1.82) is 0 Å². The Hall–Kier alpha value is -3.01. The first-order chi connectivity index (χ1) is 14.5. The summed E-state index contributed by atoms with van der Waals surface area (Å²) in [5.41, 5.74) is 1.38. The van der Waals surface area contributed by atoms with Gasteiger partial charge in [0.2, 0.25) is 0 Å². The quantitative estimate of drug-likeness (QED) is 0.392. The van der Waals surface area contributed by atoms with Crippen LogP contribution in [0.5, 0.6) is 5.75 Å². The Kier molecular flexibility index (Phi) is 9.72. The minimum atomic E-state index is -0.408. The van der Waals surface area contributed by atoms with E-state index in [-0.39, 0.29) is 11.0 Å². The second kappa shape index (κ2) is 12.5. The molecule has 0 atom stereocenters. The summed E-state index contributed by atoms with van der Waals surface area (Å²) in [6, 6.07) is 13.6. The van der Waals surface area contributed by atoms with Crippen molar-refractivity contribution in [1.82, 2.24) is 10.6 Å². The Labute approximate surface area is 180 Å². The van der Waals surface area contributed by atoms with Gasteiger partial charge < -0.3 is 24.8 Å². The van der Waals surface area contributed by atoms with Crippen molar-refractivity contribution in [2.75, 3.05) is 45.9 Å². The van der Waals surface area contributed by atoms with Crippen LogP contribution in [0, 0.1) is 0 Å². The van der Waals surface area contributed by atoms with Crippen molar-refractivity contribution in [3.05, 3.63) is 59.7 Å². The van der Waals surface area contributed by atoms with E-state index >= 15 is 0 Å². The fraction of sp³-hybridized carbons (Fsp3) is 0.286. The molecule has 0 spiro atoms. The van der Waals surface area contributed by atoms with E-state index in [1.54, 1.807) is 62.8 Å². The van der Waals surface area contributed by atoms with Crippen LogP contribution in [0.3, 0.4) is 0 Å². The molecule has 0 aliphatic carbocycles. The molecule has 0 bridgehead atoms. The highest BCUT2D eigenvalue weighted by Gasteiger charge is 2.14. The molecule has 9 heteroatoms. The maximum atomic E-state index is 12.6. The Bertz CT molecular complexity index is 875. The van der Waals surface area contributed by atoms with Gasteiger partial charge in [-0.2, -0.15) is 0 Å². The van der Waals surface area contributed by atoms with Crippen LogP contribution in [0.1, 0.15) is 20.7 Å². The molecular weight excluding hydrogens is 406 g/mol. The Balaban J connectivity index is 1.97. The van der Waals surface area contributed by atoms with Gasteiger partial charge >= 0.3 is 0 Å². The van der Waals surface area contributed by atoms with Gasteiger partial charge in [-0.1, -0.05) is 18.2 Å². The van der Waals surface area contributed by atoms with E-state index in [9.17, 15) is 9.59 Å². The largest absolute Gasteiger partial charge is 0.490 e. The zero-order valence-corrected chi connectivity index (χ0v) is 17.7. The molecule has 0 fully saturated rings. The first kappa shape index (κ1) is 23.3. The molecule has 2 aromatic rings. The Morgan fingerprint density at radius 1 is 0.933 bits per heavy atom. The average Bonchev–Trinajstić information content (AvgIpc) is 2.74. The standard InChI is InChI=1S/C21H25N3O5S/c1-27-11-10-22-19(25)15-6-5-7-16(14-15)23-21(30)24-20(26)17-8-3-4-9-18(17)29-13-12-28-2/h3-9,14H,10-13H2,1-2H3,(H,22,25)(H2,23,24,26,30). The van der Waals surface area contributed by atoms with Crippen LogP contribution in [0.15, 0.2) is 48.5 Å². The van der Waals surface area contributed by atoms with Crippen LogP contribution in [-0.4, -0.2) is 57.5 Å². The SMILES string of the molecule is COCCNC(=O)c1cccc(NC(=S)NC(=O)c2ccccc2OCCOC)c1. The average molecular weight is 432 g/mol. The number of hydrogen-bond donors (Lipinski definition) is 3. The van der Waals surface area contributed by atoms with Crippen molar-refractivity contribution < 1.29 is 23.8 Å². The third-order valence-electron chi connectivity index (χ3n) is 3.88. The molecule has 3 N–H and O–H groups in total. The Morgan fingerprint density at radius 2 is 1.70 bits per heavy atom. The number of carbonyl (C=O) groups is 2. The summed E-state index contributed by atoms with van der Waals surface area (Å²) in [4.78, 5) is 24.7. The number of benzene rings is 2. The van der Waals surface area contributed by atoms with Crippen LogP contribution in [-0.2, 0) is 9.47 Å². The molecule has 30 heavy (non-hydrogen) atoms. The third-order valence-corrected chi connectivity index (χ3v) is 4.08. The highest BCUT2D eigenvalue weighted by atomic mass is 32.1. The summed E-state index contributed by atoms with van der Waals surface area (Å²) in [5.74, 6) is -0.202. The van der Waals surface area contributed by atoms with E-state index in [4.69, 9.17) is 26.4 Å². The minimum absolute atomic E-state index is 0.101. The molecule has 0 aromatic heterocycles. The van der Waals surface area contributed by atoms with Gasteiger partial charge in [0.15, 0.2) is 5.11 Å². The fourth-order valence-electron chi connectivity index (χ4n) is 2.45. The number of anilines is 1. The topological polar surface area (TPSA) is 97.9 Å². The molecule has 2 amide bonds. The number of methoxy groups -OCH3 is 2. The van der Waals surface area contributed by atoms with E-state index in [0.717, 1.165) is 0 Å². The summed E-state index contributed by atoms with van der Waals surface area (Å²) in [5, 5.41) is 8.37. The van der Waals surface area contributed by atoms with E-state index < -0.39 is 5.91 Å². The number of amides is 2. The number of nitrogens with one attached hydrogen (secondary N) is 3. The third kappa shape index (κ3) is 7.43. The zero-order chi connectivity index (χ0) is 21.8. The first-order valence-corrected chi connectivity index (χ1v) is 9.66. The van der Waals surface area contributed by atoms with E-state index in [1.807, 2.05) is 0 Å². The lowest BCUT2D eigenvalue weighted by Crippen LogP contribution is -2.34. The van der Waals surface area contributed by atoms with Gasteiger partial charge in [-0.15, -0.1) is 0 Å². The van der Waals surface area contributed by atoms with E-state index in [2.05, 4.69) is 16.0 Å². The molecule has 0 heterocycles. The molecule has 8 nitrogen and oxygen atoms in total. The smallest absolute Gasteiger partial charge is 0.261 e. The molecule has 0 aliphatic rings. The summed E-state index contributed by atoms with van der Waals surface area (Å²) in [6.07, 6.45) is 0. The van der Waals surface area contributed by atoms with Crippen molar-refractivity contribution in [3.8, 4) is 5.75 Å². The molecule has 160 valence electrons. The van der Waals surface area contributed by atoms with Crippen molar-refractivity contribution >= 4 is 34.8 Å². The summed E-state index contributed by atoms with van der Waals surface area (Å²) >= 11 is 5.24. The zero-order valence-electron chi connectivity index (χ0n) is 16.9. The fourth-order valence-corrected chi connectivity index (χ4v) is 2.67. The van der Waals surface area contributed by atoms with E-state index in [0.29, 0.717) is 48.9 Å². The highest BCUT2D eigenvalue weighted by Crippen LogP contribution is 2.18. The minimum Gasteiger partial charge on any atom is -0.490 e. The van der Waals surface area contributed by atoms with Crippen molar-refractivity contribution in [2.45, 2.75) is 0 Å². The summed E-state index contributed by atoms with van der Waals surface area (Å²) < 4.78 is 15.4. The van der Waals surface area contributed by atoms with Gasteiger partial charge in [-0.25, -0.2) is 0 Å². The van der Waals surface area contributed by atoms with Crippen LogP contribution in [0.4, 0.5) is 5.69 Å². The predicted molar refractivity (Wildman–Crippen MR) is 118 cm³/mol. The summed E-state index contributed by atoms with van der Waals surface area (Å²) in [7, 11) is 3.14. The number of para-hydroxylation sites is 1. The second-order valence-electron chi connectivity index (χ2n) is 6.08. The van der Waals surface area contributed by atoms with Gasteiger partial charge in [0.1, 0.15) is 12.4 Å². The van der Waals surface area contributed by atoms with Gasteiger partial charge in [0.25, 0.3) is 11.8 Å². The number of thiocarbonyl (C=S) groups is 1. The van der Waals surface area contributed by atoms with Crippen LogP contribution < -0.4 is 20.7 Å². The first-order valence-electron chi connectivity index (χ1n) is 9.25. The van der Waals surface area contributed by atoms with Crippen LogP contribution in [0.25, 0.3) is 0 Å². The molecule has 2 aromatic carbocycles. The predicted octanol–water partition coefficient (Wildman–Crippen LogP) is 2.21. The van der Waals surface area contributed by atoms with Gasteiger partial charge in [-0.3, -0.25) is 14.9 Å². The van der Waals surface area contributed by atoms with E-state index in [1.165, 1.54) is 0 Å². The lowest BCUT2D eigenvalue weighted by molar-refractivity contribution is 0.0935. The van der Waals surface area contributed by atoms with Gasteiger partial charge in [0, 0.05) is 32.0 Å². The van der Waals surface area contributed by atoms with Crippen LogP contribution in [0.2, 0.25) is 0 Å². The number of carbonyl (C=O) groups excluding carboxylic acids is 2. The second-order valence-corrected chi connectivity index (χ2v) is 6.48. The van der Waals surface area contributed by atoms with Crippen LogP contribution >= 0.6 is 12.2 Å². The monoisotopic (exact) mass is 431 g/mol. The molecular formula is C21H25N3O5S. The molecule has 0 aliphatic heterocycles. The molecule has 0 saturated heterocycles. The maximum Gasteiger partial charge on any atom is 0.261 e. The number of hydrogen-bond acceptors (Lipinski definition) is 6.